The predicted octanol–water partition coefficient (Wildman–Crippen LogP) is 5.87. The van der Waals surface area contributed by atoms with Crippen molar-refractivity contribution >= 4 is 86.0 Å². The summed E-state index contributed by atoms with van der Waals surface area (Å²) in [6.45, 7) is 0.150. The van der Waals surface area contributed by atoms with Gasteiger partial charge in [0.05, 0.1) is 28.4 Å². The molecule has 1 aliphatic heterocycles. The Hall–Kier alpha value is -3.44. The van der Waals surface area contributed by atoms with Crippen molar-refractivity contribution in [1.82, 2.24) is 5.32 Å². The zero-order chi connectivity index (χ0) is 27.6. The lowest BCUT2D eigenvalue weighted by Crippen LogP contribution is -2.54. The molecule has 0 atom stereocenters. The molecule has 8 nitrogen and oxygen atoms in total. The molecule has 0 radical (unpaired) electrons. The predicted molar refractivity (Wildman–Crippen MR) is 151 cm³/mol. The molecule has 1 aliphatic rings. The molecular weight excluding hydrogens is 619 g/mol. The first-order valence-corrected chi connectivity index (χ1v) is 12.7. The average Bonchev–Trinajstić information content (AvgIpc) is 2.88. The van der Waals surface area contributed by atoms with E-state index in [1.165, 1.54) is 25.3 Å². The molecule has 0 saturated carbocycles. The summed E-state index contributed by atoms with van der Waals surface area (Å²) in [6.07, 6.45) is 1.39. The van der Waals surface area contributed by atoms with Crippen LogP contribution in [0.2, 0.25) is 10.0 Å². The van der Waals surface area contributed by atoms with Gasteiger partial charge in [-0.2, -0.15) is 0 Å². The van der Waals surface area contributed by atoms with Crippen molar-refractivity contribution in [1.29, 1.82) is 0 Å². The number of ether oxygens (including phenoxy) is 2. The summed E-state index contributed by atoms with van der Waals surface area (Å²) in [5.41, 5.74) is 1.43. The smallest absolute Gasteiger partial charge is 0.335 e. The molecule has 2 amide bonds. The van der Waals surface area contributed by atoms with Crippen LogP contribution in [0.15, 0.2) is 64.6 Å². The zero-order valence-corrected chi connectivity index (χ0v) is 23.4. The molecule has 1 heterocycles. The fourth-order valence-electron chi connectivity index (χ4n) is 3.54. The second-order valence-corrected chi connectivity index (χ2v) is 9.87. The van der Waals surface area contributed by atoms with Crippen molar-refractivity contribution in [3.63, 3.8) is 0 Å². The monoisotopic (exact) mass is 634 g/mol. The van der Waals surface area contributed by atoms with Gasteiger partial charge in [-0.25, -0.2) is 4.79 Å². The van der Waals surface area contributed by atoms with Crippen molar-refractivity contribution in [2.75, 3.05) is 12.0 Å². The Morgan fingerprint density at radius 2 is 1.84 bits per heavy atom. The largest absolute Gasteiger partial charge is 0.493 e. The molecule has 3 aromatic rings. The maximum absolute atomic E-state index is 13.4. The Morgan fingerprint density at radius 1 is 1.13 bits per heavy atom. The second kappa shape index (κ2) is 11.5. The molecule has 1 fully saturated rings. The van der Waals surface area contributed by atoms with Gasteiger partial charge in [0, 0.05) is 4.47 Å². The van der Waals surface area contributed by atoms with Crippen LogP contribution in [0.25, 0.3) is 6.08 Å². The fraction of sp³-hybridized carbons (Fsp3) is 0.0769. The van der Waals surface area contributed by atoms with Crippen LogP contribution in [-0.4, -0.2) is 35.1 Å². The summed E-state index contributed by atoms with van der Waals surface area (Å²) in [5.74, 6) is -1.64. The fourth-order valence-corrected chi connectivity index (χ4v) is 4.63. The number of carbonyl (C=O) groups is 3. The van der Waals surface area contributed by atoms with Crippen LogP contribution in [0.5, 0.6) is 11.5 Å². The van der Waals surface area contributed by atoms with E-state index in [2.05, 4.69) is 21.2 Å². The number of nitrogens with zero attached hydrogens (tertiary/aromatic N) is 1. The van der Waals surface area contributed by atoms with Gasteiger partial charge in [-0.1, -0.05) is 57.3 Å². The van der Waals surface area contributed by atoms with E-state index in [-0.39, 0.29) is 38.6 Å². The number of nitrogens with one attached hydrogen (secondary N) is 1. The Labute approximate surface area is 240 Å². The van der Waals surface area contributed by atoms with E-state index in [4.69, 9.17) is 50.0 Å². The number of thiocarbonyl (C=S) groups is 1. The number of carboxylic acid groups (broad SMARTS) is 1. The van der Waals surface area contributed by atoms with Gasteiger partial charge in [0.1, 0.15) is 12.2 Å². The van der Waals surface area contributed by atoms with E-state index in [1.54, 1.807) is 42.5 Å². The Bertz CT molecular complexity index is 1510. The third kappa shape index (κ3) is 5.68. The summed E-state index contributed by atoms with van der Waals surface area (Å²) < 4.78 is 11.8. The number of methoxy groups -OCH3 is 1. The minimum atomic E-state index is -1.02. The van der Waals surface area contributed by atoms with Crippen LogP contribution < -0.4 is 19.7 Å². The molecule has 0 aliphatic carbocycles. The van der Waals surface area contributed by atoms with Gasteiger partial charge < -0.3 is 14.6 Å². The highest BCUT2D eigenvalue weighted by Crippen LogP contribution is 2.37. The number of anilines is 1. The van der Waals surface area contributed by atoms with E-state index >= 15 is 0 Å². The van der Waals surface area contributed by atoms with Crippen molar-refractivity contribution in [3.05, 3.63) is 91.4 Å². The quantitative estimate of drug-likeness (QED) is 0.190. The van der Waals surface area contributed by atoms with Gasteiger partial charge >= 0.3 is 5.97 Å². The molecule has 0 unspecified atom stereocenters. The van der Waals surface area contributed by atoms with Gasteiger partial charge in [-0.15, -0.1) is 0 Å². The number of carbonyl (C=O) groups excluding carboxylic acids is 2. The zero-order valence-electron chi connectivity index (χ0n) is 19.5. The first-order valence-electron chi connectivity index (χ1n) is 10.8. The molecule has 38 heavy (non-hydrogen) atoms. The molecule has 3 aromatic carbocycles. The Kier molecular flexibility index (Phi) is 8.37. The molecule has 1 saturated heterocycles. The number of aromatic carboxylic acids is 1. The van der Waals surface area contributed by atoms with E-state index in [0.717, 1.165) is 10.5 Å². The molecule has 194 valence electrons. The molecular formula is C26H17BrCl2N2O6S. The Morgan fingerprint density at radius 3 is 2.50 bits per heavy atom. The number of amides is 2. The molecule has 4 rings (SSSR count). The van der Waals surface area contributed by atoms with Crippen molar-refractivity contribution < 1.29 is 29.0 Å². The number of hydrogen-bond acceptors (Lipinski definition) is 6. The highest BCUT2D eigenvalue weighted by Gasteiger charge is 2.36. The lowest BCUT2D eigenvalue weighted by Gasteiger charge is -2.29. The normalized spacial score (nSPS) is 14.5. The van der Waals surface area contributed by atoms with Gasteiger partial charge in [-0.05, 0) is 65.8 Å². The summed E-state index contributed by atoms with van der Waals surface area (Å²) >= 11 is 21.1. The molecule has 0 spiro atoms. The molecule has 12 heteroatoms. The van der Waals surface area contributed by atoms with Gasteiger partial charge in [-0.3, -0.25) is 19.8 Å². The van der Waals surface area contributed by atoms with Gasteiger partial charge in [0.2, 0.25) is 0 Å². The highest BCUT2D eigenvalue weighted by molar-refractivity contribution is 9.10. The van der Waals surface area contributed by atoms with E-state index < -0.39 is 17.8 Å². The number of rotatable bonds is 7. The van der Waals surface area contributed by atoms with Crippen LogP contribution in [0.1, 0.15) is 21.5 Å². The molecule has 0 aromatic heterocycles. The third-order valence-electron chi connectivity index (χ3n) is 5.45. The van der Waals surface area contributed by atoms with Crippen molar-refractivity contribution in [3.8, 4) is 11.5 Å². The van der Waals surface area contributed by atoms with Crippen LogP contribution in [0.3, 0.4) is 0 Å². The van der Waals surface area contributed by atoms with Gasteiger partial charge in [0.25, 0.3) is 11.8 Å². The maximum Gasteiger partial charge on any atom is 0.335 e. The first-order chi connectivity index (χ1) is 18.1. The van der Waals surface area contributed by atoms with Crippen molar-refractivity contribution in [2.45, 2.75) is 6.61 Å². The summed E-state index contributed by atoms with van der Waals surface area (Å²) in [6, 6.07) is 14.3. The Balaban J connectivity index is 1.63. The maximum atomic E-state index is 13.4. The first kappa shape index (κ1) is 27.6. The molecule has 2 N–H and O–H groups in total. The van der Waals surface area contributed by atoms with Crippen LogP contribution in [0.4, 0.5) is 5.69 Å². The SMILES string of the molecule is COc1cc(/C=C2\C(=O)NC(=S)N(c3cccc(Cl)c3Cl)C2=O)c(Br)cc1OCc1ccc(C(=O)O)cc1. The van der Waals surface area contributed by atoms with Crippen LogP contribution in [0, 0.1) is 0 Å². The minimum Gasteiger partial charge on any atom is -0.493 e. The topological polar surface area (TPSA) is 105 Å². The average molecular weight is 636 g/mol. The van der Waals surface area contributed by atoms with E-state index in [0.29, 0.717) is 21.5 Å². The second-order valence-electron chi connectivity index (χ2n) is 7.85. The van der Waals surface area contributed by atoms with Crippen LogP contribution in [-0.2, 0) is 16.2 Å². The highest BCUT2D eigenvalue weighted by atomic mass is 79.9. The summed E-state index contributed by atoms with van der Waals surface area (Å²) in [7, 11) is 1.45. The number of carboxylic acids is 1. The lowest BCUT2D eigenvalue weighted by molar-refractivity contribution is -0.122. The van der Waals surface area contributed by atoms with Crippen molar-refractivity contribution in [2.24, 2.45) is 0 Å². The summed E-state index contributed by atoms with van der Waals surface area (Å²) in [4.78, 5) is 38.2. The number of hydrogen-bond donors (Lipinski definition) is 2. The van der Waals surface area contributed by atoms with Gasteiger partial charge in [0.15, 0.2) is 16.6 Å². The molecule has 0 bridgehead atoms. The summed E-state index contributed by atoms with van der Waals surface area (Å²) in [5, 5.41) is 11.8. The number of benzene rings is 3. The minimum absolute atomic E-state index is 0.113. The number of halogens is 3. The van der Waals surface area contributed by atoms with Crippen LogP contribution >= 0.6 is 51.3 Å². The van der Waals surface area contributed by atoms with E-state index in [1.807, 2.05) is 0 Å². The lowest BCUT2D eigenvalue weighted by atomic mass is 10.1. The third-order valence-corrected chi connectivity index (χ3v) is 7.23. The standard InChI is InChI=1S/C26H17BrCl2N2O6S/c1-36-20-10-15(17(27)11-21(20)37-12-13-5-7-14(8-6-13)25(34)35)9-16-23(32)30-26(38)31(24(16)33)19-4-2-3-18(28)22(19)29/h2-11H,12H2,1H3,(H,34,35)(H,30,32,38)/b16-9+. The van der Waals surface area contributed by atoms with E-state index in [9.17, 15) is 14.4 Å².